The highest BCUT2D eigenvalue weighted by molar-refractivity contribution is 5.99. The third-order valence-corrected chi connectivity index (χ3v) is 2.95. The van der Waals surface area contributed by atoms with Gasteiger partial charge in [-0.05, 0) is 19.8 Å². The van der Waals surface area contributed by atoms with Crippen LogP contribution in [-0.2, 0) is 6.42 Å². The third kappa shape index (κ3) is 1.50. The first-order valence-corrected chi connectivity index (χ1v) is 5.43. The molecular weight excluding hydrogens is 188 g/mol. The molecule has 1 aliphatic carbocycles. The molecule has 0 saturated heterocycles. The molecule has 1 aliphatic heterocycles. The van der Waals surface area contributed by atoms with Crippen molar-refractivity contribution >= 4 is 5.84 Å². The first kappa shape index (κ1) is 8.83. The molecule has 0 bridgehead atoms. The summed E-state index contributed by atoms with van der Waals surface area (Å²) in [6, 6.07) is 0.249. The molecule has 78 valence electrons. The number of rotatable bonds is 1. The third-order valence-electron chi connectivity index (χ3n) is 2.95. The maximum absolute atomic E-state index is 5.85. The minimum Gasteiger partial charge on any atom is -0.383 e. The van der Waals surface area contributed by atoms with Crippen LogP contribution in [0.25, 0.3) is 0 Å². The monoisotopic (exact) mass is 202 g/mol. The van der Waals surface area contributed by atoms with Crippen LogP contribution >= 0.6 is 0 Å². The van der Waals surface area contributed by atoms with Gasteiger partial charge in [-0.15, -0.1) is 0 Å². The van der Waals surface area contributed by atoms with Gasteiger partial charge < -0.3 is 5.73 Å². The summed E-state index contributed by atoms with van der Waals surface area (Å²) in [5, 5.41) is 0. The summed E-state index contributed by atoms with van der Waals surface area (Å²) in [4.78, 5) is 13.3. The van der Waals surface area contributed by atoms with Crippen LogP contribution < -0.4 is 5.73 Å². The van der Waals surface area contributed by atoms with Crippen molar-refractivity contribution < 1.29 is 0 Å². The van der Waals surface area contributed by atoms with Gasteiger partial charge in [0.15, 0.2) is 0 Å². The lowest BCUT2D eigenvalue weighted by Gasteiger charge is -2.17. The van der Waals surface area contributed by atoms with E-state index in [9.17, 15) is 0 Å². The standard InChI is InChI=1S/C11H14N4/c1-6-4-9-8(10(12)14-6)5-13-11(15-9)7-2-3-7/h5-7H,2-4H2,1H3,(H2,12,14). The average molecular weight is 202 g/mol. The lowest BCUT2D eigenvalue weighted by atomic mass is 10.0. The van der Waals surface area contributed by atoms with E-state index < -0.39 is 0 Å². The molecule has 4 nitrogen and oxygen atoms in total. The van der Waals surface area contributed by atoms with Crippen LogP contribution in [0.1, 0.15) is 42.8 Å². The second-order valence-corrected chi connectivity index (χ2v) is 4.43. The van der Waals surface area contributed by atoms with Crippen molar-refractivity contribution in [2.75, 3.05) is 0 Å². The highest BCUT2D eigenvalue weighted by Crippen LogP contribution is 2.38. The van der Waals surface area contributed by atoms with E-state index in [1.54, 1.807) is 0 Å². The fourth-order valence-corrected chi connectivity index (χ4v) is 1.97. The Morgan fingerprint density at radius 3 is 2.93 bits per heavy atom. The van der Waals surface area contributed by atoms with Gasteiger partial charge >= 0.3 is 0 Å². The van der Waals surface area contributed by atoms with Gasteiger partial charge in [0.05, 0.1) is 17.3 Å². The molecule has 1 atom stereocenters. The molecule has 0 aromatic carbocycles. The van der Waals surface area contributed by atoms with E-state index in [4.69, 9.17) is 5.73 Å². The van der Waals surface area contributed by atoms with E-state index in [2.05, 4.69) is 21.9 Å². The Morgan fingerprint density at radius 2 is 2.20 bits per heavy atom. The molecule has 1 unspecified atom stereocenters. The van der Waals surface area contributed by atoms with E-state index in [1.807, 2.05) is 6.20 Å². The normalized spacial score (nSPS) is 24.6. The molecule has 0 spiro atoms. The Kier molecular flexibility index (Phi) is 1.78. The van der Waals surface area contributed by atoms with E-state index in [-0.39, 0.29) is 6.04 Å². The largest absolute Gasteiger partial charge is 0.383 e. The minimum absolute atomic E-state index is 0.249. The highest BCUT2D eigenvalue weighted by atomic mass is 15.0. The van der Waals surface area contributed by atoms with Gasteiger partial charge in [-0.2, -0.15) is 0 Å². The predicted octanol–water partition coefficient (Wildman–Crippen LogP) is 1.00. The number of hydrogen-bond donors (Lipinski definition) is 1. The van der Waals surface area contributed by atoms with Crippen molar-refractivity contribution in [2.24, 2.45) is 10.7 Å². The van der Waals surface area contributed by atoms with E-state index in [0.717, 1.165) is 23.5 Å². The lowest BCUT2D eigenvalue weighted by molar-refractivity contribution is 0.696. The van der Waals surface area contributed by atoms with Gasteiger partial charge in [-0.1, -0.05) is 0 Å². The van der Waals surface area contributed by atoms with Gasteiger partial charge in [0, 0.05) is 18.5 Å². The Bertz CT molecular complexity index is 434. The number of hydrogen-bond acceptors (Lipinski definition) is 4. The molecule has 2 heterocycles. The van der Waals surface area contributed by atoms with E-state index in [1.165, 1.54) is 12.8 Å². The molecule has 15 heavy (non-hydrogen) atoms. The van der Waals surface area contributed by atoms with Crippen LogP contribution in [0.3, 0.4) is 0 Å². The zero-order chi connectivity index (χ0) is 10.4. The lowest BCUT2D eigenvalue weighted by Crippen LogP contribution is -2.26. The summed E-state index contributed by atoms with van der Waals surface area (Å²) in [5.41, 5.74) is 7.85. The molecule has 1 aromatic heterocycles. The average Bonchev–Trinajstić information content (AvgIpc) is 2.99. The summed E-state index contributed by atoms with van der Waals surface area (Å²) in [5.74, 6) is 2.19. The summed E-state index contributed by atoms with van der Waals surface area (Å²) in [6.45, 7) is 2.06. The van der Waals surface area contributed by atoms with Crippen LogP contribution in [0, 0.1) is 0 Å². The second kappa shape index (κ2) is 3.02. The van der Waals surface area contributed by atoms with E-state index in [0.29, 0.717) is 11.8 Å². The topological polar surface area (TPSA) is 64.2 Å². The van der Waals surface area contributed by atoms with E-state index >= 15 is 0 Å². The van der Waals surface area contributed by atoms with Gasteiger partial charge in [0.2, 0.25) is 0 Å². The number of amidine groups is 1. The van der Waals surface area contributed by atoms with Crippen LogP contribution in [0.4, 0.5) is 0 Å². The molecule has 0 radical (unpaired) electrons. The number of nitrogens with zero attached hydrogens (tertiary/aromatic N) is 3. The van der Waals surface area contributed by atoms with Crippen molar-refractivity contribution in [3.63, 3.8) is 0 Å². The van der Waals surface area contributed by atoms with Gasteiger partial charge in [0.1, 0.15) is 11.7 Å². The van der Waals surface area contributed by atoms with Crippen molar-refractivity contribution in [3.05, 3.63) is 23.3 Å². The van der Waals surface area contributed by atoms with Gasteiger partial charge in [-0.25, -0.2) is 9.97 Å². The van der Waals surface area contributed by atoms with Gasteiger partial charge in [0.25, 0.3) is 0 Å². The van der Waals surface area contributed by atoms with Crippen molar-refractivity contribution in [3.8, 4) is 0 Å². The van der Waals surface area contributed by atoms with Crippen molar-refractivity contribution in [1.82, 2.24) is 9.97 Å². The maximum atomic E-state index is 5.85. The Balaban J connectivity index is 2.04. The Morgan fingerprint density at radius 1 is 1.40 bits per heavy atom. The Labute approximate surface area is 88.6 Å². The second-order valence-electron chi connectivity index (χ2n) is 4.43. The fraction of sp³-hybridized carbons (Fsp3) is 0.545. The smallest absolute Gasteiger partial charge is 0.131 e. The zero-order valence-electron chi connectivity index (χ0n) is 8.77. The zero-order valence-corrected chi connectivity index (χ0v) is 8.77. The molecule has 2 N–H and O–H groups in total. The highest BCUT2D eigenvalue weighted by Gasteiger charge is 2.28. The molecule has 1 fully saturated rings. The van der Waals surface area contributed by atoms with Crippen molar-refractivity contribution in [1.29, 1.82) is 0 Å². The summed E-state index contributed by atoms with van der Waals surface area (Å²) >= 11 is 0. The van der Waals surface area contributed by atoms with Crippen LogP contribution in [0.15, 0.2) is 11.2 Å². The quantitative estimate of drug-likeness (QED) is 0.739. The molecule has 4 heteroatoms. The van der Waals surface area contributed by atoms with Crippen LogP contribution in [-0.4, -0.2) is 21.8 Å². The number of fused-ring (bicyclic) bond motifs is 1. The first-order chi connectivity index (χ1) is 7.24. The molecule has 0 amide bonds. The molecule has 1 aromatic rings. The first-order valence-electron chi connectivity index (χ1n) is 5.43. The summed E-state index contributed by atoms with van der Waals surface area (Å²) in [7, 11) is 0. The molecular formula is C11H14N4. The van der Waals surface area contributed by atoms with Crippen molar-refractivity contribution in [2.45, 2.75) is 38.1 Å². The number of aromatic nitrogens is 2. The maximum Gasteiger partial charge on any atom is 0.131 e. The van der Waals surface area contributed by atoms with Crippen LogP contribution in [0.2, 0.25) is 0 Å². The predicted molar refractivity (Wildman–Crippen MR) is 57.9 cm³/mol. The number of nitrogens with two attached hydrogens (primary N) is 1. The summed E-state index contributed by atoms with van der Waals surface area (Å²) < 4.78 is 0. The van der Waals surface area contributed by atoms with Gasteiger partial charge in [-0.3, -0.25) is 4.99 Å². The fourth-order valence-electron chi connectivity index (χ4n) is 1.97. The molecule has 2 aliphatic rings. The SMILES string of the molecule is CC1Cc2nc(C3CC3)ncc2C(N)=N1. The minimum atomic E-state index is 0.249. The van der Waals surface area contributed by atoms with Crippen LogP contribution in [0.5, 0.6) is 0 Å². The number of aliphatic imine (C=N–C) groups is 1. The Hall–Kier alpha value is -1.45. The molecule has 1 saturated carbocycles. The molecule has 3 rings (SSSR count). The summed E-state index contributed by atoms with van der Waals surface area (Å²) in [6.07, 6.45) is 5.19.